The summed E-state index contributed by atoms with van der Waals surface area (Å²) in [6, 6.07) is 24.7. The van der Waals surface area contributed by atoms with Crippen molar-refractivity contribution in [2.45, 2.75) is 49.1 Å². The third-order valence-electron chi connectivity index (χ3n) is 7.07. The lowest BCUT2D eigenvalue weighted by Gasteiger charge is -2.36. The number of aromatic nitrogens is 2. The van der Waals surface area contributed by atoms with Crippen LogP contribution in [0.15, 0.2) is 102 Å². The average Bonchev–Trinajstić information content (AvgIpc) is 3.08. The molecule has 2 amide bonds. The van der Waals surface area contributed by atoms with E-state index in [1.54, 1.807) is 30.6 Å². The van der Waals surface area contributed by atoms with E-state index in [1.165, 1.54) is 18.9 Å². The van der Waals surface area contributed by atoms with Gasteiger partial charge in [0.05, 0.1) is 25.9 Å². The maximum atomic E-state index is 12.8. The van der Waals surface area contributed by atoms with Crippen LogP contribution in [0.4, 0.5) is 10.5 Å². The summed E-state index contributed by atoms with van der Waals surface area (Å²) < 4.78 is 17.7. The maximum Gasteiger partial charge on any atom is 0.328 e. The van der Waals surface area contributed by atoms with Crippen LogP contribution in [0.25, 0.3) is 0 Å². The van der Waals surface area contributed by atoms with E-state index in [4.69, 9.17) is 14.2 Å². The zero-order valence-corrected chi connectivity index (χ0v) is 25.0. The molecule has 0 aliphatic carbocycles. The van der Waals surface area contributed by atoms with Crippen LogP contribution in [-0.4, -0.2) is 52.1 Å². The summed E-state index contributed by atoms with van der Waals surface area (Å²) in [5.41, 5.74) is 4.04. The van der Waals surface area contributed by atoms with Crippen LogP contribution in [0.2, 0.25) is 0 Å². The number of methoxy groups -OCH3 is 1. The maximum absolute atomic E-state index is 12.8. The third-order valence-corrected chi connectivity index (χ3v) is 8.08. The number of benzene rings is 3. The molecule has 10 nitrogen and oxygen atoms in total. The summed E-state index contributed by atoms with van der Waals surface area (Å²) >= 11 is 1.52. The Morgan fingerprint density at radius 1 is 0.932 bits per heavy atom. The van der Waals surface area contributed by atoms with Gasteiger partial charge in [0.2, 0.25) is 0 Å². The van der Waals surface area contributed by atoms with Crippen LogP contribution >= 0.6 is 11.8 Å². The van der Waals surface area contributed by atoms with Crippen molar-refractivity contribution in [1.29, 1.82) is 0 Å². The standard InChI is InChI=1S/C33H34N4O6S/c1-41-30(39)28(18-22-6-3-2-4-7-22)37-32(40)36-26-14-12-25(13-15-26)31-42-27(21-44-33-34-16-5-17-35-33)19-29(43-31)24-10-8-23(20-38)9-11-24/h2-17,27-29,31,38H,18-21H2,1H3,(H2,36,37,40)/t27-,28-,29+,31+/m0/s1. The molecule has 4 atom stereocenters. The molecular formula is C33H34N4O6S. The van der Waals surface area contributed by atoms with Crippen molar-refractivity contribution in [1.82, 2.24) is 15.3 Å². The molecule has 0 spiro atoms. The van der Waals surface area contributed by atoms with Crippen molar-refractivity contribution in [3.8, 4) is 0 Å². The number of ether oxygens (including phenoxy) is 3. The molecule has 228 valence electrons. The first-order chi connectivity index (χ1) is 21.5. The monoisotopic (exact) mass is 614 g/mol. The molecule has 11 heteroatoms. The number of rotatable bonds is 11. The first-order valence-electron chi connectivity index (χ1n) is 14.2. The second kappa shape index (κ2) is 15.4. The number of hydrogen-bond donors (Lipinski definition) is 3. The summed E-state index contributed by atoms with van der Waals surface area (Å²) in [5.74, 6) is 0.109. The van der Waals surface area contributed by atoms with Gasteiger partial charge in [0.15, 0.2) is 11.4 Å². The molecule has 3 N–H and O–H groups in total. The Hall–Kier alpha value is -4.29. The Bertz CT molecular complexity index is 1490. The minimum absolute atomic E-state index is 0.0251. The molecule has 1 aromatic heterocycles. The molecule has 1 saturated heterocycles. The lowest BCUT2D eigenvalue weighted by molar-refractivity contribution is -0.245. The van der Waals surface area contributed by atoms with E-state index in [0.29, 0.717) is 29.4 Å². The SMILES string of the molecule is COC(=O)[C@H](Cc1ccccc1)NC(=O)Nc1ccc([C@@H]2O[C@H](CSc3ncccn3)C[C@H](c3ccc(CO)cc3)O2)cc1. The smallest absolute Gasteiger partial charge is 0.328 e. The summed E-state index contributed by atoms with van der Waals surface area (Å²) in [5, 5.41) is 15.6. The number of hydrogen-bond acceptors (Lipinski definition) is 9. The van der Waals surface area contributed by atoms with Crippen LogP contribution in [0.5, 0.6) is 0 Å². The predicted molar refractivity (Wildman–Crippen MR) is 166 cm³/mol. The van der Waals surface area contributed by atoms with Crippen molar-refractivity contribution in [3.05, 3.63) is 120 Å². The molecule has 5 rings (SSSR count). The number of amides is 2. The molecule has 0 radical (unpaired) electrons. The van der Waals surface area contributed by atoms with Gasteiger partial charge in [-0.05, 0) is 34.9 Å². The van der Waals surface area contributed by atoms with Gasteiger partial charge in [-0.15, -0.1) is 0 Å². The van der Waals surface area contributed by atoms with Crippen molar-refractivity contribution in [2.24, 2.45) is 0 Å². The molecule has 1 fully saturated rings. The fourth-order valence-electron chi connectivity index (χ4n) is 4.78. The first kappa shape index (κ1) is 31.1. The van der Waals surface area contributed by atoms with Crippen LogP contribution < -0.4 is 10.6 Å². The van der Waals surface area contributed by atoms with Crippen LogP contribution in [0.1, 0.15) is 41.1 Å². The number of aliphatic hydroxyl groups excluding tert-OH is 1. The Labute approximate surface area is 260 Å². The number of nitrogens with zero attached hydrogens (tertiary/aromatic N) is 2. The van der Waals surface area contributed by atoms with Gasteiger partial charge in [0.25, 0.3) is 0 Å². The molecule has 1 aliphatic rings. The Morgan fingerprint density at radius 2 is 1.64 bits per heavy atom. The summed E-state index contributed by atoms with van der Waals surface area (Å²) in [6.45, 7) is -0.0251. The number of esters is 1. The number of thioether (sulfide) groups is 1. The van der Waals surface area contributed by atoms with Gasteiger partial charge in [0, 0.05) is 42.2 Å². The summed E-state index contributed by atoms with van der Waals surface area (Å²) in [6.07, 6.45) is 3.34. The highest BCUT2D eigenvalue weighted by molar-refractivity contribution is 7.99. The van der Waals surface area contributed by atoms with Gasteiger partial charge in [-0.3, -0.25) is 0 Å². The van der Waals surface area contributed by atoms with Gasteiger partial charge in [-0.2, -0.15) is 0 Å². The van der Waals surface area contributed by atoms with Gasteiger partial charge in [-0.1, -0.05) is 78.5 Å². The van der Waals surface area contributed by atoms with E-state index in [1.807, 2.05) is 66.7 Å². The van der Waals surface area contributed by atoms with Crippen LogP contribution in [0.3, 0.4) is 0 Å². The van der Waals surface area contributed by atoms with Gasteiger partial charge in [0.1, 0.15) is 6.04 Å². The van der Waals surface area contributed by atoms with Crippen molar-refractivity contribution in [2.75, 3.05) is 18.2 Å². The quantitative estimate of drug-likeness (QED) is 0.118. The Kier molecular flexibility index (Phi) is 10.9. The molecule has 0 unspecified atom stereocenters. The van der Waals surface area contributed by atoms with Gasteiger partial charge >= 0.3 is 12.0 Å². The first-order valence-corrected chi connectivity index (χ1v) is 15.2. The zero-order valence-electron chi connectivity index (χ0n) is 24.2. The molecule has 2 heterocycles. The normalized spacial score (nSPS) is 18.6. The van der Waals surface area contributed by atoms with E-state index in [9.17, 15) is 14.7 Å². The highest BCUT2D eigenvalue weighted by atomic mass is 32.2. The molecule has 0 bridgehead atoms. The predicted octanol–water partition coefficient (Wildman–Crippen LogP) is 5.21. The summed E-state index contributed by atoms with van der Waals surface area (Å²) in [7, 11) is 1.29. The van der Waals surface area contributed by atoms with E-state index in [2.05, 4.69) is 20.6 Å². The lowest BCUT2D eigenvalue weighted by Crippen LogP contribution is -2.45. The average molecular weight is 615 g/mol. The molecule has 1 aliphatic heterocycles. The Morgan fingerprint density at radius 3 is 2.32 bits per heavy atom. The van der Waals surface area contributed by atoms with Crippen LogP contribution in [-0.2, 0) is 32.0 Å². The van der Waals surface area contributed by atoms with Crippen molar-refractivity contribution >= 4 is 29.4 Å². The topological polar surface area (TPSA) is 132 Å². The minimum Gasteiger partial charge on any atom is -0.467 e. The number of carbonyl (C=O) groups is 2. The number of urea groups is 1. The van der Waals surface area contributed by atoms with Crippen molar-refractivity contribution < 1.29 is 28.9 Å². The van der Waals surface area contributed by atoms with Crippen LogP contribution in [0, 0.1) is 0 Å². The van der Waals surface area contributed by atoms with E-state index < -0.39 is 24.3 Å². The van der Waals surface area contributed by atoms with E-state index in [0.717, 1.165) is 22.3 Å². The number of anilines is 1. The highest BCUT2D eigenvalue weighted by Crippen LogP contribution is 2.39. The van der Waals surface area contributed by atoms with E-state index in [-0.39, 0.29) is 18.8 Å². The molecule has 0 saturated carbocycles. The van der Waals surface area contributed by atoms with E-state index >= 15 is 0 Å². The number of aliphatic hydroxyl groups is 1. The van der Waals surface area contributed by atoms with Gasteiger partial charge < -0.3 is 30.0 Å². The fourth-order valence-corrected chi connectivity index (χ4v) is 5.60. The summed E-state index contributed by atoms with van der Waals surface area (Å²) in [4.78, 5) is 33.7. The second-order valence-corrected chi connectivity index (χ2v) is 11.2. The molecule has 4 aromatic rings. The fraction of sp³-hybridized carbons (Fsp3) is 0.273. The Balaban J connectivity index is 1.25. The number of carbonyl (C=O) groups excluding carboxylic acids is 2. The van der Waals surface area contributed by atoms with Gasteiger partial charge in [-0.25, -0.2) is 19.6 Å². The molecule has 3 aromatic carbocycles. The highest BCUT2D eigenvalue weighted by Gasteiger charge is 2.32. The molecular weight excluding hydrogens is 580 g/mol. The van der Waals surface area contributed by atoms with Crippen molar-refractivity contribution in [3.63, 3.8) is 0 Å². The third kappa shape index (κ3) is 8.64. The largest absolute Gasteiger partial charge is 0.467 e. The minimum atomic E-state index is -0.842. The number of nitrogens with one attached hydrogen (secondary N) is 2. The second-order valence-electron chi connectivity index (χ2n) is 10.2. The zero-order chi connectivity index (χ0) is 30.7. The lowest BCUT2D eigenvalue weighted by atomic mass is 10.0. The molecule has 44 heavy (non-hydrogen) atoms.